The van der Waals surface area contributed by atoms with E-state index in [0.717, 1.165) is 11.6 Å². The van der Waals surface area contributed by atoms with Gasteiger partial charge >= 0.3 is 5.97 Å². The summed E-state index contributed by atoms with van der Waals surface area (Å²) in [6, 6.07) is 7.16. The molecule has 0 aromatic heterocycles. The summed E-state index contributed by atoms with van der Waals surface area (Å²) in [5.41, 5.74) is 6.72. The van der Waals surface area contributed by atoms with Gasteiger partial charge in [0.05, 0.1) is 12.2 Å². The van der Waals surface area contributed by atoms with Crippen molar-refractivity contribution in [2.45, 2.75) is 45.2 Å². The van der Waals surface area contributed by atoms with E-state index >= 15 is 0 Å². The van der Waals surface area contributed by atoms with E-state index in [9.17, 15) is 24.9 Å². The van der Waals surface area contributed by atoms with E-state index in [2.05, 4.69) is 0 Å². The summed E-state index contributed by atoms with van der Waals surface area (Å²) in [6.07, 6.45) is -3.18. The Bertz CT molecular complexity index is 654. The van der Waals surface area contributed by atoms with Gasteiger partial charge < -0.3 is 30.9 Å². The van der Waals surface area contributed by atoms with Crippen LogP contribution in [0.15, 0.2) is 36.1 Å². The molecule has 6 N–H and O–H groups in total. The van der Waals surface area contributed by atoms with Crippen molar-refractivity contribution in [1.82, 2.24) is 0 Å². The first-order valence-corrected chi connectivity index (χ1v) is 8.07. The molecular formula is C18H25NO7. The lowest BCUT2D eigenvalue weighted by molar-refractivity contribution is -0.148. The van der Waals surface area contributed by atoms with Crippen LogP contribution < -0.4 is 5.73 Å². The van der Waals surface area contributed by atoms with E-state index in [4.69, 9.17) is 15.6 Å². The predicted octanol–water partition coefficient (Wildman–Crippen LogP) is 0.186. The Hall–Kier alpha value is -2.42. The second kappa shape index (κ2) is 9.33. The van der Waals surface area contributed by atoms with E-state index in [1.807, 2.05) is 19.1 Å². The van der Waals surface area contributed by atoms with E-state index in [0.29, 0.717) is 5.56 Å². The summed E-state index contributed by atoms with van der Waals surface area (Å²) >= 11 is 0. The van der Waals surface area contributed by atoms with Gasteiger partial charge in [0.25, 0.3) is 0 Å². The van der Waals surface area contributed by atoms with Crippen molar-refractivity contribution in [2.24, 2.45) is 11.7 Å². The third kappa shape index (κ3) is 5.83. The second-order valence-corrected chi connectivity index (χ2v) is 6.23. The van der Waals surface area contributed by atoms with E-state index < -0.39 is 42.1 Å². The monoisotopic (exact) mass is 367 g/mol. The number of carboxylic acids is 1. The van der Waals surface area contributed by atoms with Gasteiger partial charge in [-0.1, -0.05) is 24.6 Å². The molecule has 1 heterocycles. The Morgan fingerprint density at radius 2 is 1.73 bits per heavy atom. The van der Waals surface area contributed by atoms with Gasteiger partial charge in [0.2, 0.25) is 11.7 Å². The maximum atomic E-state index is 10.7. The molecule has 0 fully saturated rings. The molecule has 0 bridgehead atoms. The molecule has 1 aliphatic rings. The first-order chi connectivity index (χ1) is 12.0. The van der Waals surface area contributed by atoms with E-state index in [1.165, 1.54) is 6.92 Å². The van der Waals surface area contributed by atoms with Crippen LogP contribution in [-0.4, -0.2) is 56.7 Å². The standard InChI is InChI=1S/C10H16O6.C8H9NO/c1-4-6(12)3-7(10(14)15)16-9(4)8(13)5(2)11;1-6-2-4-7(5-3-6)8(9)10/h3-6,8-9,11-13H,1-2H3,(H,14,15);2-5H,1H3,(H2,9,10)/t4-,5-,6+,8-,9-;/m1./s1. The molecule has 144 valence electrons. The van der Waals surface area contributed by atoms with Crippen molar-refractivity contribution in [3.8, 4) is 0 Å². The van der Waals surface area contributed by atoms with Crippen molar-refractivity contribution in [1.29, 1.82) is 0 Å². The van der Waals surface area contributed by atoms with E-state index in [1.54, 1.807) is 19.1 Å². The highest BCUT2D eigenvalue weighted by Gasteiger charge is 2.38. The number of rotatable bonds is 4. The smallest absolute Gasteiger partial charge is 0.370 e. The number of aliphatic hydroxyl groups is 3. The SMILES string of the molecule is C[C@H]1[C@H]([C@H](O)[C@@H](C)O)OC(C(=O)O)=C[C@@H]1O.Cc1ccc(C(N)=O)cc1. The Morgan fingerprint density at radius 1 is 1.19 bits per heavy atom. The van der Waals surface area contributed by atoms with Crippen LogP contribution in [0.3, 0.4) is 0 Å². The summed E-state index contributed by atoms with van der Waals surface area (Å²) in [6.45, 7) is 4.94. The number of aryl methyl sites for hydroxylation is 1. The molecule has 1 amide bonds. The Kier molecular flexibility index (Phi) is 7.76. The number of carbonyl (C=O) groups is 2. The van der Waals surface area contributed by atoms with Crippen molar-refractivity contribution in [3.63, 3.8) is 0 Å². The lowest BCUT2D eigenvalue weighted by atomic mass is 9.89. The van der Waals surface area contributed by atoms with Crippen LogP contribution in [0.25, 0.3) is 0 Å². The molecule has 0 saturated carbocycles. The molecule has 8 nitrogen and oxygen atoms in total. The number of aliphatic carboxylic acids is 1. The molecule has 2 rings (SSSR count). The zero-order valence-electron chi connectivity index (χ0n) is 14.9. The first-order valence-electron chi connectivity index (χ1n) is 8.07. The Labute approximate surface area is 151 Å². The highest BCUT2D eigenvalue weighted by atomic mass is 16.5. The summed E-state index contributed by atoms with van der Waals surface area (Å²) in [7, 11) is 0. The van der Waals surface area contributed by atoms with Crippen molar-refractivity contribution in [3.05, 3.63) is 47.2 Å². The van der Waals surface area contributed by atoms with Crippen molar-refractivity contribution < 1.29 is 34.8 Å². The Balaban J connectivity index is 0.000000289. The van der Waals surface area contributed by atoms with Gasteiger partial charge in [-0.2, -0.15) is 0 Å². The maximum Gasteiger partial charge on any atom is 0.370 e. The van der Waals surface area contributed by atoms with Gasteiger partial charge in [-0.15, -0.1) is 0 Å². The van der Waals surface area contributed by atoms with Gasteiger partial charge in [-0.25, -0.2) is 4.79 Å². The van der Waals surface area contributed by atoms with Crippen LogP contribution >= 0.6 is 0 Å². The molecule has 5 atom stereocenters. The number of amides is 1. The topological polar surface area (TPSA) is 150 Å². The molecule has 0 radical (unpaired) electrons. The number of hydrogen-bond acceptors (Lipinski definition) is 6. The fraction of sp³-hybridized carbons (Fsp3) is 0.444. The van der Waals surface area contributed by atoms with Crippen LogP contribution in [0, 0.1) is 12.8 Å². The lowest BCUT2D eigenvalue weighted by Crippen LogP contribution is -2.47. The molecule has 8 heteroatoms. The van der Waals surface area contributed by atoms with Crippen molar-refractivity contribution in [2.75, 3.05) is 0 Å². The van der Waals surface area contributed by atoms with Gasteiger partial charge in [-0.3, -0.25) is 4.79 Å². The van der Waals surface area contributed by atoms with Crippen LogP contribution in [0.1, 0.15) is 29.8 Å². The third-order valence-corrected chi connectivity index (χ3v) is 4.02. The Morgan fingerprint density at radius 3 is 2.15 bits per heavy atom. The molecule has 0 saturated heterocycles. The molecule has 1 aromatic carbocycles. The largest absolute Gasteiger partial charge is 0.480 e. The van der Waals surface area contributed by atoms with Gasteiger partial charge in [-0.05, 0) is 32.1 Å². The molecule has 26 heavy (non-hydrogen) atoms. The van der Waals surface area contributed by atoms with Gasteiger partial charge in [0.15, 0.2) is 0 Å². The highest BCUT2D eigenvalue weighted by molar-refractivity contribution is 5.92. The summed E-state index contributed by atoms with van der Waals surface area (Å²) in [5, 5.41) is 37.2. The second-order valence-electron chi connectivity index (χ2n) is 6.23. The fourth-order valence-corrected chi connectivity index (χ4v) is 2.29. The van der Waals surface area contributed by atoms with Crippen LogP contribution in [0.5, 0.6) is 0 Å². The molecule has 0 aliphatic carbocycles. The van der Waals surface area contributed by atoms with Gasteiger partial charge in [0.1, 0.15) is 12.2 Å². The summed E-state index contributed by atoms with van der Waals surface area (Å²) in [5.74, 6) is -2.59. The summed E-state index contributed by atoms with van der Waals surface area (Å²) in [4.78, 5) is 21.2. The van der Waals surface area contributed by atoms with Crippen LogP contribution in [0.4, 0.5) is 0 Å². The number of hydrogen-bond donors (Lipinski definition) is 5. The van der Waals surface area contributed by atoms with Crippen LogP contribution in [0.2, 0.25) is 0 Å². The lowest BCUT2D eigenvalue weighted by Gasteiger charge is -2.35. The van der Waals surface area contributed by atoms with Crippen LogP contribution in [-0.2, 0) is 9.53 Å². The number of aliphatic hydroxyl groups excluding tert-OH is 3. The zero-order valence-corrected chi connectivity index (χ0v) is 14.9. The molecule has 0 unspecified atom stereocenters. The fourth-order valence-electron chi connectivity index (χ4n) is 2.29. The number of primary amides is 1. The minimum absolute atomic E-state index is 0.375. The highest BCUT2D eigenvalue weighted by Crippen LogP contribution is 2.26. The number of ether oxygens (including phenoxy) is 1. The number of benzene rings is 1. The average Bonchev–Trinajstić information content (AvgIpc) is 2.57. The normalized spacial score (nSPS) is 24.2. The summed E-state index contributed by atoms with van der Waals surface area (Å²) < 4.78 is 5.05. The third-order valence-electron chi connectivity index (χ3n) is 4.02. The zero-order chi connectivity index (χ0) is 20.0. The molecule has 1 aliphatic heterocycles. The quantitative estimate of drug-likeness (QED) is 0.509. The number of carboxylic acid groups (broad SMARTS) is 1. The maximum absolute atomic E-state index is 10.7. The molecule has 0 spiro atoms. The average molecular weight is 367 g/mol. The molecular weight excluding hydrogens is 342 g/mol. The van der Waals surface area contributed by atoms with E-state index in [-0.39, 0.29) is 5.91 Å². The molecule has 1 aromatic rings. The predicted molar refractivity (Wildman–Crippen MR) is 93.1 cm³/mol. The minimum atomic E-state index is -1.31. The van der Waals surface area contributed by atoms with Crippen molar-refractivity contribution >= 4 is 11.9 Å². The number of carbonyl (C=O) groups excluding carboxylic acids is 1. The first kappa shape index (κ1) is 21.6. The van der Waals surface area contributed by atoms with Gasteiger partial charge in [0, 0.05) is 11.5 Å². The number of nitrogens with two attached hydrogens (primary N) is 1. The minimum Gasteiger partial charge on any atom is -0.480 e.